The predicted octanol–water partition coefficient (Wildman–Crippen LogP) is 4.81. The van der Waals surface area contributed by atoms with Crippen LogP contribution >= 0.6 is 27.5 Å². The molecule has 0 unspecified atom stereocenters. The minimum absolute atomic E-state index is 0.276. The molecule has 4 nitrogen and oxygen atoms in total. The molecule has 0 aliphatic rings. The van der Waals surface area contributed by atoms with Crippen LogP contribution in [0.15, 0.2) is 65.4 Å². The predicted molar refractivity (Wildman–Crippen MR) is 94.6 cm³/mol. The van der Waals surface area contributed by atoms with E-state index < -0.39 is 0 Å². The van der Waals surface area contributed by atoms with Crippen molar-refractivity contribution in [1.29, 1.82) is 0 Å². The van der Waals surface area contributed by atoms with Crippen LogP contribution in [0.5, 0.6) is 0 Å². The molecule has 114 valence electrons. The lowest BCUT2D eigenvalue weighted by Crippen LogP contribution is -2.13. The topological polar surface area (TPSA) is 54.9 Å². The Labute approximate surface area is 146 Å². The van der Waals surface area contributed by atoms with E-state index in [2.05, 4.69) is 31.2 Å². The van der Waals surface area contributed by atoms with Gasteiger partial charge in [0, 0.05) is 28.1 Å². The molecular formula is C17H11BrClN3O. The van der Waals surface area contributed by atoms with Crippen molar-refractivity contribution in [3.05, 3.63) is 76.1 Å². The van der Waals surface area contributed by atoms with Crippen molar-refractivity contribution in [2.75, 3.05) is 5.32 Å². The van der Waals surface area contributed by atoms with E-state index in [1.54, 1.807) is 36.7 Å². The van der Waals surface area contributed by atoms with E-state index in [0.29, 0.717) is 22.1 Å². The van der Waals surface area contributed by atoms with Gasteiger partial charge in [0.2, 0.25) is 0 Å². The summed E-state index contributed by atoms with van der Waals surface area (Å²) in [5.74, 6) is -0.276. The lowest BCUT2D eigenvalue weighted by atomic mass is 10.1. The van der Waals surface area contributed by atoms with Crippen LogP contribution in [0, 0.1) is 0 Å². The summed E-state index contributed by atoms with van der Waals surface area (Å²) in [7, 11) is 0. The molecule has 0 atom stereocenters. The van der Waals surface area contributed by atoms with Gasteiger partial charge in [-0.25, -0.2) is 0 Å². The summed E-state index contributed by atoms with van der Waals surface area (Å²) in [4.78, 5) is 20.6. The number of nitrogens with zero attached hydrogens (tertiary/aromatic N) is 2. The molecule has 3 aromatic rings. The molecule has 2 aromatic heterocycles. The number of pyridine rings is 2. The lowest BCUT2D eigenvalue weighted by Gasteiger charge is -2.06. The normalized spacial score (nSPS) is 10.3. The highest BCUT2D eigenvalue weighted by Gasteiger charge is 2.10. The largest absolute Gasteiger partial charge is 0.321 e. The van der Waals surface area contributed by atoms with Gasteiger partial charge in [0.25, 0.3) is 5.91 Å². The average molecular weight is 389 g/mol. The second kappa shape index (κ2) is 6.89. The third kappa shape index (κ3) is 3.75. The molecule has 6 heteroatoms. The number of benzene rings is 1. The number of rotatable bonds is 3. The summed E-state index contributed by atoms with van der Waals surface area (Å²) in [6, 6.07) is 14.3. The third-order valence-corrected chi connectivity index (χ3v) is 3.91. The zero-order valence-corrected chi connectivity index (χ0v) is 14.2. The monoisotopic (exact) mass is 387 g/mol. The summed E-state index contributed by atoms with van der Waals surface area (Å²) in [5.41, 5.74) is 2.42. The summed E-state index contributed by atoms with van der Waals surface area (Å²) in [5, 5.41) is 3.34. The number of aromatic nitrogens is 2. The van der Waals surface area contributed by atoms with Gasteiger partial charge in [-0.15, -0.1) is 0 Å². The first-order valence-electron chi connectivity index (χ1n) is 6.77. The van der Waals surface area contributed by atoms with Crippen LogP contribution in [0.1, 0.15) is 10.5 Å². The highest BCUT2D eigenvalue weighted by atomic mass is 79.9. The Hall–Kier alpha value is -2.24. The van der Waals surface area contributed by atoms with Crippen molar-refractivity contribution in [1.82, 2.24) is 9.97 Å². The van der Waals surface area contributed by atoms with Crippen LogP contribution in [-0.2, 0) is 0 Å². The standard InChI is InChI=1S/C17H11BrClN3O/c18-12-3-1-4-13(9-12)22-17(23)15-7-6-11(10-21-15)16-14(19)5-2-8-20-16/h1-10H,(H,22,23). The number of hydrogen-bond acceptors (Lipinski definition) is 3. The van der Waals surface area contributed by atoms with E-state index in [0.717, 1.165) is 10.0 Å². The second-order valence-corrected chi connectivity index (χ2v) is 6.05. The van der Waals surface area contributed by atoms with Crippen LogP contribution in [0.3, 0.4) is 0 Å². The fraction of sp³-hybridized carbons (Fsp3) is 0. The van der Waals surface area contributed by atoms with Gasteiger partial charge in [0.1, 0.15) is 5.69 Å². The van der Waals surface area contributed by atoms with Crippen molar-refractivity contribution >= 4 is 39.1 Å². The number of carbonyl (C=O) groups is 1. The Kier molecular flexibility index (Phi) is 4.69. The Balaban J connectivity index is 1.79. The lowest BCUT2D eigenvalue weighted by molar-refractivity contribution is 0.102. The van der Waals surface area contributed by atoms with Crippen molar-refractivity contribution in [2.45, 2.75) is 0 Å². The van der Waals surface area contributed by atoms with Crippen LogP contribution < -0.4 is 5.32 Å². The zero-order valence-electron chi connectivity index (χ0n) is 11.8. The number of halogens is 2. The molecule has 2 heterocycles. The fourth-order valence-electron chi connectivity index (χ4n) is 2.03. The quantitative estimate of drug-likeness (QED) is 0.700. The fourth-order valence-corrected chi connectivity index (χ4v) is 2.66. The number of anilines is 1. The van der Waals surface area contributed by atoms with Crippen molar-refractivity contribution < 1.29 is 4.79 Å². The summed E-state index contributed by atoms with van der Waals surface area (Å²) >= 11 is 9.47. The third-order valence-electron chi connectivity index (χ3n) is 3.11. The minimum atomic E-state index is -0.276. The highest BCUT2D eigenvalue weighted by molar-refractivity contribution is 9.10. The number of amides is 1. The van der Waals surface area contributed by atoms with Gasteiger partial charge >= 0.3 is 0 Å². The number of nitrogens with one attached hydrogen (secondary N) is 1. The Morgan fingerprint density at radius 2 is 1.96 bits per heavy atom. The molecule has 3 rings (SSSR count). The van der Waals surface area contributed by atoms with Gasteiger partial charge in [0.05, 0.1) is 10.7 Å². The van der Waals surface area contributed by atoms with E-state index in [9.17, 15) is 4.79 Å². The molecule has 0 saturated heterocycles. The van der Waals surface area contributed by atoms with Crippen LogP contribution in [0.2, 0.25) is 5.02 Å². The molecule has 0 aliphatic heterocycles. The molecular weight excluding hydrogens is 378 g/mol. The summed E-state index contributed by atoms with van der Waals surface area (Å²) in [6.07, 6.45) is 3.25. The smallest absolute Gasteiger partial charge is 0.274 e. The van der Waals surface area contributed by atoms with Gasteiger partial charge in [-0.2, -0.15) is 0 Å². The number of hydrogen-bond donors (Lipinski definition) is 1. The van der Waals surface area contributed by atoms with E-state index >= 15 is 0 Å². The van der Waals surface area contributed by atoms with Crippen LogP contribution in [-0.4, -0.2) is 15.9 Å². The van der Waals surface area contributed by atoms with E-state index in [1.807, 2.05) is 24.3 Å². The summed E-state index contributed by atoms with van der Waals surface area (Å²) in [6.45, 7) is 0. The van der Waals surface area contributed by atoms with Gasteiger partial charge in [-0.1, -0.05) is 33.6 Å². The molecule has 23 heavy (non-hydrogen) atoms. The van der Waals surface area contributed by atoms with Gasteiger partial charge in [-0.05, 0) is 42.5 Å². The minimum Gasteiger partial charge on any atom is -0.321 e. The Morgan fingerprint density at radius 1 is 1.09 bits per heavy atom. The Morgan fingerprint density at radius 3 is 2.65 bits per heavy atom. The Bertz CT molecular complexity index is 852. The van der Waals surface area contributed by atoms with E-state index in [1.165, 1.54) is 0 Å². The first-order chi connectivity index (χ1) is 11.1. The van der Waals surface area contributed by atoms with Crippen molar-refractivity contribution in [2.24, 2.45) is 0 Å². The molecule has 0 saturated carbocycles. The zero-order chi connectivity index (χ0) is 16.2. The van der Waals surface area contributed by atoms with Crippen molar-refractivity contribution in [3.8, 4) is 11.3 Å². The first kappa shape index (κ1) is 15.6. The van der Waals surface area contributed by atoms with E-state index in [-0.39, 0.29) is 5.91 Å². The maximum atomic E-state index is 12.2. The molecule has 0 spiro atoms. The molecule has 1 amide bonds. The van der Waals surface area contributed by atoms with Gasteiger partial charge < -0.3 is 5.32 Å². The average Bonchev–Trinajstić information content (AvgIpc) is 2.55. The highest BCUT2D eigenvalue weighted by Crippen LogP contribution is 2.24. The number of carbonyl (C=O) groups excluding carboxylic acids is 1. The maximum absolute atomic E-state index is 12.2. The molecule has 0 radical (unpaired) electrons. The molecule has 1 N–H and O–H groups in total. The van der Waals surface area contributed by atoms with E-state index in [4.69, 9.17) is 11.6 Å². The van der Waals surface area contributed by atoms with Gasteiger partial charge in [0.15, 0.2) is 0 Å². The molecule has 0 fully saturated rings. The molecule has 1 aromatic carbocycles. The van der Waals surface area contributed by atoms with Crippen LogP contribution in [0.4, 0.5) is 5.69 Å². The first-order valence-corrected chi connectivity index (χ1v) is 7.94. The molecule has 0 bridgehead atoms. The second-order valence-electron chi connectivity index (χ2n) is 4.73. The van der Waals surface area contributed by atoms with Crippen molar-refractivity contribution in [3.63, 3.8) is 0 Å². The van der Waals surface area contributed by atoms with Gasteiger partial charge in [-0.3, -0.25) is 14.8 Å². The van der Waals surface area contributed by atoms with Crippen LogP contribution in [0.25, 0.3) is 11.3 Å². The SMILES string of the molecule is O=C(Nc1cccc(Br)c1)c1ccc(-c2ncccc2Cl)cn1. The molecule has 0 aliphatic carbocycles. The summed E-state index contributed by atoms with van der Waals surface area (Å²) < 4.78 is 0.892. The maximum Gasteiger partial charge on any atom is 0.274 e.